The second kappa shape index (κ2) is 8.45. The predicted molar refractivity (Wildman–Crippen MR) is 121 cm³/mol. The van der Waals surface area contributed by atoms with Crippen LogP contribution in [0, 0.1) is 11.3 Å². The van der Waals surface area contributed by atoms with Crippen molar-refractivity contribution in [3.63, 3.8) is 0 Å². The Morgan fingerprint density at radius 3 is 2.69 bits per heavy atom. The van der Waals surface area contributed by atoms with E-state index in [9.17, 15) is 9.59 Å². The van der Waals surface area contributed by atoms with Crippen molar-refractivity contribution in [2.24, 2.45) is 11.3 Å². The van der Waals surface area contributed by atoms with E-state index in [4.69, 9.17) is 4.74 Å². The topological polar surface area (TPSA) is 83.6 Å². The molecule has 3 amide bonds. The van der Waals surface area contributed by atoms with Crippen molar-refractivity contribution < 1.29 is 14.3 Å². The highest BCUT2D eigenvalue weighted by Crippen LogP contribution is 2.59. The Bertz CT molecular complexity index is 993. The number of anilines is 1. The second-order valence-electron chi connectivity index (χ2n) is 9.48. The Balaban J connectivity index is 1.05. The molecule has 2 fully saturated rings. The van der Waals surface area contributed by atoms with Crippen molar-refractivity contribution in [2.45, 2.75) is 51.1 Å². The fourth-order valence-electron chi connectivity index (χ4n) is 5.62. The predicted octanol–water partition coefficient (Wildman–Crippen LogP) is 3.43. The Hall–Kier alpha value is -3.09. The molecule has 1 aromatic carbocycles. The van der Waals surface area contributed by atoms with Gasteiger partial charge in [0.15, 0.2) is 0 Å². The van der Waals surface area contributed by atoms with Gasteiger partial charge in [0.25, 0.3) is 0 Å². The fraction of sp³-hybridized carbons (Fsp3) is 0.480. The summed E-state index contributed by atoms with van der Waals surface area (Å²) in [6, 6.07) is 9.70. The lowest BCUT2D eigenvalue weighted by Crippen LogP contribution is -2.59. The minimum absolute atomic E-state index is 0.110. The summed E-state index contributed by atoms with van der Waals surface area (Å²) >= 11 is 0. The van der Waals surface area contributed by atoms with E-state index in [1.807, 2.05) is 41.4 Å². The van der Waals surface area contributed by atoms with Crippen LogP contribution in [-0.4, -0.2) is 36.6 Å². The van der Waals surface area contributed by atoms with Gasteiger partial charge in [0, 0.05) is 43.1 Å². The first-order valence-corrected chi connectivity index (χ1v) is 11.5. The van der Waals surface area contributed by atoms with Gasteiger partial charge in [-0.1, -0.05) is 12.1 Å². The number of rotatable bonds is 5. The van der Waals surface area contributed by atoms with Crippen molar-refractivity contribution >= 4 is 17.6 Å². The van der Waals surface area contributed by atoms with Gasteiger partial charge in [-0.2, -0.15) is 0 Å². The van der Waals surface area contributed by atoms with E-state index in [0.29, 0.717) is 6.54 Å². The van der Waals surface area contributed by atoms with Gasteiger partial charge >= 0.3 is 6.03 Å². The highest BCUT2D eigenvalue weighted by Gasteiger charge is 2.55. The number of fused-ring (bicyclic) bond motifs is 1. The molecule has 168 valence electrons. The van der Waals surface area contributed by atoms with Crippen LogP contribution in [0.1, 0.15) is 43.2 Å². The van der Waals surface area contributed by atoms with E-state index < -0.39 is 0 Å². The van der Waals surface area contributed by atoms with E-state index in [1.54, 1.807) is 13.3 Å². The minimum atomic E-state index is -0.133. The van der Waals surface area contributed by atoms with Crippen LogP contribution in [0.2, 0.25) is 0 Å². The number of hydrogen-bond acceptors (Lipinski definition) is 4. The number of hydrogen-bond donors (Lipinski definition) is 2. The van der Waals surface area contributed by atoms with Gasteiger partial charge in [-0.3, -0.25) is 9.78 Å². The molecular formula is C25H30N4O3. The summed E-state index contributed by atoms with van der Waals surface area (Å²) in [6.07, 6.45) is 9.46. The Morgan fingerprint density at radius 1 is 1.16 bits per heavy atom. The number of methoxy groups -OCH3 is 1. The first-order chi connectivity index (χ1) is 15.5. The lowest BCUT2D eigenvalue weighted by molar-refractivity contribution is -0.135. The maximum absolute atomic E-state index is 13.1. The normalized spacial score (nSPS) is 25.8. The summed E-state index contributed by atoms with van der Waals surface area (Å²) in [4.78, 5) is 31.5. The smallest absolute Gasteiger partial charge is 0.315 e. The van der Waals surface area contributed by atoms with E-state index in [2.05, 4.69) is 15.6 Å². The number of carbonyl (C=O) groups excluding carboxylic acids is 2. The fourth-order valence-corrected chi connectivity index (χ4v) is 5.62. The van der Waals surface area contributed by atoms with E-state index >= 15 is 0 Å². The van der Waals surface area contributed by atoms with E-state index in [0.717, 1.165) is 62.1 Å². The van der Waals surface area contributed by atoms with Crippen molar-refractivity contribution in [1.82, 2.24) is 15.6 Å². The van der Waals surface area contributed by atoms with Crippen LogP contribution in [-0.2, 0) is 17.8 Å². The van der Waals surface area contributed by atoms with E-state index in [-0.39, 0.29) is 29.3 Å². The molecule has 0 saturated heterocycles. The van der Waals surface area contributed by atoms with Crippen molar-refractivity contribution in [3.8, 4) is 5.75 Å². The summed E-state index contributed by atoms with van der Waals surface area (Å²) < 4.78 is 5.15. The number of carbonyl (C=O) groups is 2. The van der Waals surface area contributed by atoms with Gasteiger partial charge in [0.1, 0.15) is 5.75 Å². The maximum Gasteiger partial charge on any atom is 0.315 e. The molecule has 7 heteroatoms. The van der Waals surface area contributed by atoms with Gasteiger partial charge in [0.2, 0.25) is 5.91 Å². The van der Waals surface area contributed by atoms with Crippen LogP contribution < -0.4 is 20.3 Å². The second-order valence-corrected chi connectivity index (χ2v) is 9.48. The monoisotopic (exact) mass is 434 g/mol. The molecule has 2 N–H and O–H groups in total. The molecule has 2 aromatic rings. The standard InChI is InChI=1S/C25H30N4O3/c1-32-21-6-4-17(5-7-21)15-27-24(31)28-20-13-25(14-20)11-19(12-25)23(30)29-10-2-3-18-16-26-9-8-22(18)29/h4-9,16,19-20H,2-3,10-15H2,1H3,(H2,27,28,31). The third kappa shape index (κ3) is 4.04. The molecule has 2 heterocycles. The van der Waals surface area contributed by atoms with Crippen LogP contribution >= 0.6 is 0 Å². The Labute approximate surface area is 188 Å². The zero-order valence-electron chi connectivity index (χ0n) is 18.5. The van der Waals surface area contributed by atoms with Gasteiger partial charge in [0.05, 0.1) is 7.11 Å². The summed E-state index contributed by atoms with van der Waals surface area (Å²) in [6.45, 7) is 1.29. The number of amides is 3. The summed E-state index contributed by atoms with van der Waals surface area (Å²) in [5.74, 6) is 1.17. The van der Waals surface area contributed by atoms with Crippen molar-refractivity contribution in [2.75, 3.05) is 18.6 Å². The average Bonchev–Trinajstić information content (AvgIpc) is 2.78. The third-order valence-electron chi connectivity index (χ3n) is 7.28. The van der Waals surface area contributed by atoms with Crippen LogP contribution in [0.4, 0.5) is 10.5 Å². The summed E-state index contributed by atoms with van der Waals surface area (Å²) in [5.41, 5.74) is 3.49. The molecule has 32 heavy (non-hydrogen) atoms. The number of nitrogens with zero attached hydrogens (tertiary/aromatic N) is 2. The zero-order chi connectivity index (χ0) is 22.1. The molecule has 7 nitrogen and oxygen atoms in total. The number of nitrogens with one attached hydrogen (secondary N) is 2. The van der Waals surface area contributed by atoms with Crippen molar-refractivity contribution in [1.29, 1.82) is 0 Å². The number of pyridine rings is 1. The van der Waals surface area contributed by atoms with Gasteiger partial charge in [-0.05, 0) is 73.3 Å². The number of aromatic nitrogens is 1. The summed E-state index contributed by atoms with van der Waals surface area (Å²) in [7, 11) is 1.64. The molecule has 3 aliphatic rings. The van der Waals surface area contributed by atoms with Gasteiger partial charge in [-0.25, -0.2) is 4.79 Å². The molecule has 0 atom stereocenters. The lowest BCUT2D eigenvalue weighted by Gasteiger charge is -2.57. The number of ether oxygens (including phenoxy) is 1. The van der Waals surface area contributed by atoms with Gasteiger partial charge in [-0.15, -0.1) is 0 Å². The number of urea groups is 1. The SMILES string of the molecule is COc1ccc(CNC(=O)NC2CC3(C2)CC(C(=O)N2CCCc4cnccc42)C3)cc1. The first-order valence-electron chi connectivity index (χ1n) is 11.5. The molecule has 1 aromatic heterocycles. The zero-order valence-corrected chi connectivity index (χ0v) is 18.5. The Kier molecular flexibility index (Phi) is 5.49. The third-order valence-corrected chi connectivity index (χ3v) is 7.28. The van der Waals surface area contributed by atoms with Gasteiger partial charge < -0.3 is 20.3 Å². The molecule has 5 rings (SSSR count). The minimum Gasteiger partial charge on any atom is -0.497 e. The lowest BCUT2D eigenvalue weighted by atomic mass is 9.49. The highest BCUT2D eigenvalue weighted by molar-refractivity contribution is 5.96. The molecule has 1 spiro atoms. The molecule has 2 saturated carbocycles. The van der Waals surface area contributed by atoms with Crippen molar-refractivity contribution in [3.05, 3.63) is 53.9 Å². The van der Waals surface area contributed by atoms with Crippen LogP contribution in [0.5, 0.6) is 5.75 Å². The summed E-state index contributed by atoms with van der Waals surface area (Å²) in [5, 5.41) is 6.00. The first kappa shape index (κ1) is 20.8. The molecule has 0 unspecified atom stereocenters. The number of benzene rings is 1. The number of aryl methyl sites for hydroxylation is 1. The van der Waals surface area contributed by atoms with E-state index in [1.165, 1.54) is 5.56 Å². The highest BCUT2D eigenvalue weighted by atomic mass is 16.5. The molecule has 0 bridgehead atoms. The average molecular weight is 435 g/mol. The molecule has 2 aliphatic carbocycles. The molecule has 1 aliphatic heterocycles. The largest absolute Gasteiger partial charge is 0.497 e. The van der Waals surface area contributed by atoms with Crippen LogP contribution in [0.15, 0.2) is 42.7 Å². The Morgan fingerprint density at radius 2 is 1.94 bits per heavy atom. The molecular weight excluding hydrogens is 404 g/mol. The van der Waals surface area contributed by atoms with Crippen LogP contribution in [0.25, 0.3) is 0 Å². The molecule has 0 radical (unpaired) electrons. The quantitative estimate of drug-likeness (QED) is 0.755. The van der Waals surface area contributed by atoms with Crippen LogP contribution in [0.3, 0.4) is 0 Å². The maximum atomic E-state index is 13.1.